The lowest BCUT2D eigenvalue weighted by atomic mass is 9.74. The summed E-state index contributed by atoms with van der Waals surface area (Å²) in [5, 5.41) is 11.1. The van der Waals surface area contributed by atoms with Gasteiger partial charge in [-0.2, -0.15) is 0 Å². The SMILES string of the molecule is CCOC(=O)C1C(C)=NC(C)=C2C(=O)Oc3ccc([N+](=O)[O-])cc3C21. The molecule has 0 spiro atoms. The molecule has 0 bridgehead atoms. The first kappa shape index (κ1) is 16.8. The summed E-state index contributed by atoms with van der Waals surface area (Å²) in [5.41, 5.74) is 1.44. The van der Waals surface area contributed by atoms with Gasteiger partial charge in [-0.1, -0.05) is 0 Å². The molecule has 0 fully saturated rings. The van der Waals surface area contributed by atoms with Crippen LogP contribution in [0.1, 0.15) is 32.3 Å². The van der Waals surface area contributed by atoms with Crippen molar-refractivity contribution in [3.63, 3.8) is 0 Å². The number of allylic oxidation sites excluding steroid dienone is 1. The van der Waals surface area contributed by atoms with E-state index >= 15 is 0 Å². The van der Waals surface area contributed by atoms with E-state index in [1.807, 2.05) is 0 Å². The average molecular weight is 344 g/mol. The third-order valence-corrected chi connectivity index (χ3v) is 4.33. The van der Waals surface area contributed by atoms with Crippen molar-refractivity contribution in [1.82, 2.24) is 0 Å². The molecule has 1 aromatic rings. The second-order valence-corrected chi connectivity index (χ2v) is 5.83. The molecule has 25 heavy (non-hydrogen) atoms. The number of ether oxygens (including phenoxy) is 2. The van der Waals surface area contributed by atoms with E-state index in [4.69, 9.17) is 9.47 Å². The molecule has 1 aromatic carbocycles. The highest BCUT2D eigenvalue weighted by Crippen LogP contribution is 2.47. The number of nitrogens with zero attached hydrogens (tertiary/aromatic N) is 2. The number of fused-ring (bicyclic) bond motifs is 3. The Balaban J connectivity index is 2.22. The lowest BCUT2D eigenvalue weighted by molar-refractivity contribution is -0.385. The van der Waals surface area contributed by atoms with Gasteiger partial charge in [0.25, 0.3) is 5.69 Å². The monoisotopic (exact) mass is 344 g/mol. The van der Waals surface area contributed by atoms with Crippen LogP contribution >= 0.6 is 0 Å². The number of benzene rings is 1. The van der Waals surface area contributed by atoms with Crippen LogP contribution in [0.25, 0.3) is 0 Å². The highest BCUT2D eigenvalue weighted by Gasteiger charge is 2.46. The predicted octanol–water partition coefficient (Wildman–Crippen LogP) is 2.53. The van der Waals surface area contributed by atoms with Crippen molar-refractivity contribution in [2.45, 2.75) is 26.7 Å². The summed E-state index contributed by atoms with van der Waals surface area (Å²) >= 11 is 0. The zero-order valence-corrected chi connectivity index (χ0v) is 13.9. The molecule has 0 aromatic heterocycles. The number of hydrogen-bond acceptors (Lipinski definition) is 7. The highest BCUT2D eigenvalue weighted by molar-refractivity contribution is 6.08. The van der Waals surface area contributed by atoms with Gasteiger partial charge < -0.3 is 9.47 Å². The van der Waals surface area contributed by atoms with Crippen molar-refractivity contribution >= 4 is 23.3 Å². The number of esters is 2. The molecule has 2 unspecified atom stereocenters. The number of non-ortho nitro benzene ring substituents is 1. The number of nitro groups is 1. The minimum absolute atomic E-state index is 0.142. The fourth-order valence-corrected chi connectivity index (χ4v) is 3.32. The Kier molecular flexibility index (Phi) is 4.12. The predicted molar refractivity (Wildman–Crippen MR) is 87.4 cm³/mol. The number of carbonyl (C=O) groups excluding carboxylic acids is 2. The molecular weight excluding hydrogens is 328 g/mol. The van der Waals surface area contributed by atoms with E-state index in [2.05, 4.69) is 4.99 Å². The van der Waals surface area contributed by atoms with Crippen molar-refractivity contribution in [2.75, 3.05) is 6.61 Å². The van der Waals surface area contributed by atoms with Gasteiger partial charge in [-0.3, -0.25) is 19.9 Å². The summed E-state index contributed by atoms with van der Waals surface area (Å²) in [7, 11) is 0. The minimum atomic E-state index is -0.827. The second-order valence-electron chi connectivity index (χ2n) is 5.83. The van der Waals surface area contributed by atoms with Gasteiger partial charge in [0.15, 0.2) is 0 Å². The second kappa shape index (κ2) is 6.12. The van der Waals surface area contributed by atoms with Crippen molar-refractivity contribution in [1.29, 1.82) is 0 Å². The van der Waals surface area contributed by atoms with E-state index in [0.29, 0.717) is 17.0 Å². The maximum Gasteiger partial charge on any atom is 0.341 e. The van der Waals surface area contributed by atoms with Crippen molar-refractivity contribution in [3.8, 4) is 5.75 Å². The maximum absolute atomic E-state index is 12.5. The number of carbonyl (C=O) groups is 2. The molecule has 130 valence electrons. The Labute approximate surface area is 143 Å². The van der Waals surface area contributed by atoms with Gasteiger partial charge in [0.05, 0.1) is 17.1 Å². The van der Waals surface area contributed by atoms with Crippen LogP contribution in [0.2, 0.25) is 0 Å². The molecule has 0 radical (unpaired) electrons. The molecule has 2 heterocycles. The summed E-state index contributed by atoms with van der Waals surface area (Å²) < 4.78 is 10.4. The van der Waals surface area contributed by atoms with Gasteiger partial charge in [-0.05, 0) is 26.8 Å². The minimum Gasteiger partial charge on any atom is -0.465 e. The quantitative estimate of drug-likeness (QED) is 0.361. The van der Waals surface area contributed by atoms with E-state index in [-0.39, 0.29) is 23.6 Å². The van der Waals surface area contributed by atoms with Crippen LogP contribution in [0, 0.1) is 16.0 Å². The zero-order chi connectivity index (χ0) is 18.3. The zero-order valence-electron chi connectivity index (χ0n) is 13.9. The van der Waals surface area contributed by atoms with Crippen LogP contribution in [0.15, 0.2) is 34.5 Å². The standard InChI is InChI=1S/C17H16N2O6/c1-4-24-16(20)13-8(2)18-9(3)14-15(13)11-7-10(19(22)23)5-6-12(11)25-17(14)21/h5-7,13,15H,4H2,1-3H3. The molecule has 8 nitrogen and oxygen atoms in total. The number of aliphatic imine (C=N–C) groups is 1. The van der Waals surface area contributed by atoms with E-state index in [0.717, 1.165) is 0 Å². The molecular formula is C17H16N2O6. The Hall–Kier alpha value is -3.03. The lowest BCUT2D eigenvalue weighted by Gasteiger charge is -2.35. The molecule has 0 aliphatic carbocycles. The van der Waals surface area contributed by atoms with Crippen LogP contribution in [-0.2, 0) is 14.3 Å². The van der Waals surface area contributed by atoms with Crippen LogP contribution < -0.4 is 4.74 Å². The summed E-state index contributed by atoms with van der Waals surface area (Å²) in [6.07, 6.45) is 0. The fourth-order valence-electron chi connectivity index (χ4n) is 3.32. The molecule has 2 aliphatic rings. The molecule has 2 atom stereocenters. The maximum atomic E-state index is 12.5. The lowest BCUT2D eigenvalue weighted by Crippen LogP contribution is -2.39. The molecule has 0 saturated heterocycles. The van der Waals surface area contributed by atoms with E-state index in [1.165, 1.54) is 18.2 Å². The van der Waals surface area contributed by atoms with Crippen LogP contribution in [0.4, 0.5) is 5.69 Å². The Morgan fingerprint density at radius 2 is 2.12 bits per heavy atom. The van der Waals surface area contributed by atoms with E-state index in [1.54, 1.807) is 20.8 Å². The number of rotatable bonds is 3. The molecule has 0 amide bonds. The first-order chi connectivity index (χ1) is 11.8. The van der Waals surface area contributed by atoms with Crippen LogP contribution in [0.3, 0.4) is 0 Å². The molecule has 8 heteroatoms. The Morgan fingerprint density at radius 1 is 1.40 bits per heavy atom. The third kappa shape index (κ3) is 2.69. The average Bonchev–Trinajstić information content (AvgIpc) is 2.54. The van der Waals surface area contributed by atoms with Gasteiger partial charge >= 0.3 is 11.9 Å². The first-order valence-corrected chi connectivity index (χ1v) is 7.78. The molecule has 3 rings (SSSR count). The number of hydrogen-bond donors (Lipinski definition) is 0. The summed E-state index contributed by atoms with van der Waals surface area (Å²) in [4.78, 5) is 39.8. The summed E-state index contributed by atoms with van der Waals surface area (Å²) in [6.45, 7) is 5.19. The van der Waals surface area contributed by atoms with E-state index < -0.39 is 28.7 Å². The van der Waals surface area contributed by atoms with Crippen LogP contribution in [0.5, 0.6) is 5.75 Å². The van der Waals surface area contributed by atoms with E-state index in [9.17, 15) is 19.7 Å². The van der Waals surface area contributed by atoms with Gasteiger partial charge in [0, 0.05) is 35.0 Å². The van der Waals surface area contributed by atoms with Gasteiger partial charge in [0.1, 0.15) is 11.7 Å². The van der Waals surface area contributed by atoms with Crippen molar-refractivity contribution < 1.29 is 24.0 Å². The largest absolute Gasteiger partial charge is 0.465 e. The number of nitro benzene ring substituents is 1. The third-order valence-electron chi connectivity index (χ3n) is 4.33. The van der Waals surface area contributed by atoms with Crippen LogP contribution in [-0.4, -0.2) is 29.2 Å². The van der Waals surface area contributed by atoms with Crippen molar-refractivity contribution in [3.05, 3.63) is 45.1 Å². The Bertz CT molecular complexity index is 855. The fraction of sp³-hybridized carbons (Fsp3) is 0.353. The first-order valence-electron chi connectivity index (χ1n) is 7.78. The smallest absolute Gasteiger partial charge is 0.341 e. The summed E-state index contributed by atoms with van der Waals surface area (Å²) in [5.74, 6) is -2.46. The molecule has 0 N–H and O–H groups in total. The summed E-state index contributed by atoms with van der Waals surface area (Å²) in [6, 6.07) is 3.97. The van der Waals surface area contributed by atoms with Crippen molar-refractivity contribution in [2.24, 2.45) is 10.9 Å². The molecule has 0 saturated carbocycles. The van der Waals surface area contributed by atoms with Gasteiger partial charge in [-0.15, -0.1) is 0 Å². The highest BCUT2D eigenvalue weighted by atomic mass is 16.6. The van der Waals surface area contributed by atoms with Gasteiger partial charge in [0.2, 0.25) is 0 Å². The molecule has 2 aliphatic heterocycles. The van der Waals surface area contributed by atoms with Gasteiger partial charge in [-0.25, -0.2) is 4.79 Å². The normalized spacial score (nSPS) is 21.7. The Morgan fingerprint density at radius 3 is 2.76 bits per heavy atom. The topological polar surface area (TPSA) is 108 Å².